The maximum absolute atomic E-state index is 13.2. The number of hydrogen-bond acceptors (Lipinski definition) is 3. The lowest BCUT2D eigenvalue weighted by Crippen LogP contribution is -2.59. The summed E-state index contributed by atoms with van der Waals surface area (Å²) in [5.41, 5.74) is 1.78. The zero-order valence-electron chi connectivity index (χ0n) is 15.6. The number of amides is 1. The van der Waals surface area contributed by atoms with E-state index in [-0.39, 0.29) is 17.9 Å². The van der Waals surface area contributed by atoms with Gasteiger partial charge >= 0.3 is 0 Å². The molecule has 3 fully saturated rings. The molecular weight excluding hydrogens is 338 g/mol. The third-order valence-corrected chi connectivity index (χ3v) is 6.84. The number of nitrogens with one attached hydrogen (secondary N) is 1. The van der Waals surface area contributed by atoms with Crippen molar-refractivity contribution in [2.45, 2.75) is 62.5 Å². The standard InChI is InChI=1S/C22H27N3O2/c26-21(19-14-18(23-24-19)15-10-11-15)25-13-12-22(27,16-6-2-1-3-7-16)17-8-4-5-9-20(17)25/h1-3,6-7,14-15,17,20,27H,4-5,8-13H2,(H,23,24). The minimum absolute atomic E-state index is 0.0430. The third kappa shape index (κ3) is 2.89. The summed E-state index contributed by atoms with van der Waals surface area (Å²) in [5, 5.41) is 19.0. The lowest BCUT2D eigenvalue weighted by Gasteiger charge is -2.52. The molecule has 0 radical (unpaired) electrons. The summed E-state index contributed by atoms with van der Waals surface area (Å²) in [5.74, 6) is 0.674. The lowest BCUT2D eigenvalue weighted by molar-refractivity contribution is -0.110. The number of carbonyl (C=O) groups excluding carboxylic acids is 1. The summed E-state index contributed by atoms with van der Waals surface area (Å²) >= 11 is 0. The van der Waals surface area contributed by atoms with Crippen LogP contribution in [-0.2, 0) is 5.60 Å². The zero-order valence-corrected chi connectivity index (χ0v) is 15.6. The Morgan fingerprint density at radius 1 is 1.15 bits per heavy atom. The van der Waals surface area contributed by atoms with Gasteiger partial charge in [0.25, 0.3) is 5.91 Å². The van der Waals surface area contributed by atoms with Crippen molar-refractivity contribution in [2.75, 3.05) is 6.54 Å². The Kier molecular flexibility index (Phi) is 4.08. The normalized spacial score (nSPS) is 30.8. The molecule has 5 rings (SSSR count). The zero-order chi connectivity index (χ0) is 18.4. The Bertz CT molecular complexity index is 829. The lowest BCUT2D eigenvalue weighted by atomic mass is 9.66. The fraction of sp³-hybridized carbons (Fsp3) is 0.545. The van der Waals surface area contributed by atoms with Crippen molar-refractivity contribution in [3.05, 3.63) is 53.3 Å². The van der Waals surface area contributed by atoms with Gasteiger partial charge < -0.3 is 10.0 Å². The van der Waals surface area contributed by atoms with Crippen LogP contribution in [0.3, 0.4) is 0 Å². The van der Waals surface area contributed by atoms with E-state index in [1.165, 1.54) is 12.8 Å². The minimum atomic E-state index is -0.837. The molecule has 3 atom stereocenters. The van der Waals surface area contributed by atoms with Gasteiger partial charge in [-0.1, -0.05) is 43.2 Å². The van der Waals surface area contributed by atoms with Crippen molar-refractivity contribution < 1.29 is 9.90 Å². The Labute approximate surface area is 159 Å². The molecule has 5 heteroatoms. The number of H-pyrrole nitrogens is 1. The number of rotatable bonds is 3. The van der Waals surface area contributed by atoms with Crippen molar-refractivity contribution >= 4 is 5.91 Å². The first-order valence-electron chi connectivity index (χ1n) is 10.3. The van der Waals surface area contributed by atoms with Gasteiger partial charge in [-0.2, -0.15) is 5.10 Å². The highest BCUT2D eigenvalue weighted by molar-refractivity contribution is 5.92. The van der Waals surface area contributed by atoms with E-state index < -0.39 is 5.60 Å². The first-order valence-corrected chi connectivity index (χ1v) is 10.3. The predicted molar refractivity (Wildman–Crippen MR) is 102 cm³/mol. The van der Waals surface area contributed by atoms with Crippen LogP contribution in [0, 0.1) is 5.92 Å². The maximum atomic E-state index is 13.2. The van der Waals surface area contributed by atoms with Crippen LogP contribution in [0.2, 0.25) is 0 Å². The Hall–Kier alpha value is -2.14. The van der Waals surface area contributed by atoms with Crippen LogP contribution in [0.1, 0.15) is 72.6 Å². The van der Waals surface area contributed by atoms with Crippen molar-refractivity contribution in [1.29, 1.82) is 0 Å². The Balaban J connectivity index is 1.43. The largest absolute Gasteiger partial charge is 0.385 e. The summed E-state index contributed by atoms with van der Waals surface area (Å²) in [7, 11) is 0. The molecule has 2 N–H and O–H groups in total. The Morgan fingerprint density at radius 2 is 1.93 bits per heavy atom. The minimum Gasteiger partial charge on any atom is -0.385 e. The number of fused-ring (bicyclic) bond motifs is 1. The topological polar surface area (TPSA) is 69.2 Å². The second kappa shape index (κ2) is 6.48. The summed E-state index contributed by atoms with van der Waals surface area (Å²) in [6.45, 7) is 0.586. The molecule has 2 aromatic rings. The summed E-state index contributed by atoms with van der Waals surface area (Å²) in [6.07, 6.45) is 7.12. The number of hydrogen-bond donors (Lipinski definition) is 2. The van der Waals surface area contributed by atoms with Gasteiger partial charge in [-0.05, 0) is 43.7 Å². The molecule has 2 aliphatic carbocycles. The molecule has 5 nitrogen and oxygen atoms in total. The summed E-state index contributed by atoms with van der Waals surface area (Å²) < 4.78 is 0. The molecule has 0 spiro atoms. The molecule has 1 aliphatic heterocycles. The number of benzene rings is 1. The molecule has 142 valence electrons. The molecule has 27 heavy (non-hydrogen) atoms. The van der Waals surface area contributed by atoms with Gasteiger partial charge in [0.05, 0.1) is 11.3 Å². The van der Waals surface area contributed by atoms with Crippen LogP contribution in [-0.4, -0.2) is 38.7 Å². The van der Waals surface area contributed by atoms with Gasteiger partial charge in [-0.25, -0.2) is 0 Å². The SMILES string of the molecule is O=C(c1cc(C2CC2)n[nH]1)N1CCC(O)(c2ccccc2)C2CCCCC21. The average molecular weight is 365 g/mol. The molecule has 1 amide bonds. The van der Waals surface area contributed by atoms with Crippen LogP contribution >= 0.6 is 0 Å². The van der Waals surface area contributed by atoms with Crippen LogP contribution in [0.25, 0.3) is 0 Å². The highest BCUT2D eigenvalue weighted by Gasteiger charge is 2.50. The van der Waals surface area contributed by atoms with E-state index in [4.69, 9.17) is 0 Å². The van der Waals surface area contributed by atoms with Gasteiger partial charge in [0.1, 0.15) is 5.69 Å². The van der Waals surface area contributed by atoms with Crippen molar-refractivity contribution in [3.63, 3.8) is 0 Å². The second-order valence-corrected chi connectivity index (χ2v) is 8.48. The number of carbonyl (C=O) groups is 1. The van der Waals surface area contributed by atoms with E-state index in [0.29, 0.717) is 24.6 Å². The van der Waals surface area contributed by atoms with Crippen LogP contribution in [0.4, 0.5) is 0 Å². The molecule has 3 aliphatic rings. The van der Waals surface area contributed by atoms with E-state index in [2.05, 4.69) is 10.2 Å². The molecule has 1 saturated heterocycles. The number of piperidine rings is 1. The number of aromatic amines is 1. The summed E-state index contributed by atoms with van der Waals surface area (Å²) in [4.78, 5) is 15.2. The number of aliphatic hydroxyl groups is 1. The van der Waals surface area contributed by atoms with Gasteiger partial charge in [0.15, 0.2) is 0 Å². The van der Waals surface area contributed by atoms with Crippen LogP contribution in [0.5, 0.6) is 0 Å². The number of nitrogens with zero attached hydrogens (tertiary/aromatic N) is 2. The molecule has 2 heterocycles. The van der Waals surface area contributed by atoms with E-state index >= 15 is 0 Å². The summed E-state index contributed by atoms with van der Waals surface area (Å²) in [6, 6.07) is 12.1. The monoisotopic (exact) mass is 365 g/mol. The average Bonchev–Trinajstić information content (AvgIpc) is 3.45. The molecule has 1 aromatic carbocycles. The van der Waals surface area contributed by atoms with E-state index in [9.17, 15) is 9.90 Å². The molecule has 2 saturated carbocycles. The van der Waals surface area contributed by atoms with Crippen molar-refractivity contribution in [1.82, 2.24) is 15.1 Å². The van der Waals surface area contributed by atoms with Crippen LogP contribution in [0.15, 0.2) is 36.4 Å². The molecular formula is C22H27N3O2. The van der Waals surface area contributed by atoms with E-state index in [1.807, 2.05) is 41.3 Å². The molecule has 0 bridgehead atoms. The first-order chi connectivity index (χ1) is 13.2. The number of aromatic nitrogens is 2. The van der Waals surface area contributed by atoms with E-state index in [1.54, 1.807) is 0 Å². The van der Waals surface area contributed by atoms with Gasteiger partial charge in [-0.3, -0.25) is 9.89 Å². The molecule has 1 aromatic heterocycles. The van der Waals surface area contributed by atoms with Gasteiger partial charge in [-0.15, -0.1) is 0 Å². The van der Waals surface area contributed by atoms with Crippen LogP contribution < -0.4 is 0 Å². The van der Waals surface area contributed by atoms with Crippen molar-refractivity contribution in [3.8, 4) is 0 Å². The highest BCUT2D eigenvalue weighted by Crippen LogP contribution is 2.47. The molecule has 3 unspecified atom stereocenters. The predicted octanol–water partition coefficient (Wildman–Crippen LogP) is 3.58. The number of likely N-dealkylation sites (tertiary alicyclic amines) is 1. The fourth-order valence-corrected chi connectivity index (χ4v) is 5.21. The Morgan fingerprint density at radius 3 is 2.70 bits per heavy atom. The second-order valence-electron chi connectivity index (χ2n) is 8.48. The third-order valence-electron chi connectivity index (χ3n) is 6.84. The fourth-order valence-electron chi connectivity index (χ4n) is 5.21. The van der Waals surface area contributed by atoms with Gasteiger partial charge in [0, 0.05) is 24.4 Å². The van der Waals surface area contributed by atoms with Gasteiger partial charge in [0.2, 0.25) is 0 Å². The highest BCUT2D eigenvalue weighted by atomic mass is 16.3. The smallest absolute Gasteiger partial charge is 0.272 e. The quantitative estimate of drug-likeness (QED) is 0.873. The first kappa shape index (κ1) is 17.0. The maximum Gasteiger partial charge on any atom is 0.272 e. The van der Waals surface area contributed by atoms with Crippen molar-refractivity contribution in [2.24, 2.45) is 5.92 Å². The van der Waals surface area contributed by atoms with E-state index in [0.717, 1.165) is 36.9 Å².